The van der Waals surface area contributed by atoms with E-state index in [9.17, 15) is 4.79 Å². The fourth-order valence-corrected chi connectivity index (χ4v) is 2.99. The van der Waals surface area contributed by atoms with Crippen LogP contribution in [0.4, 0.5) is 0 Å². The molecule has 1 aromatic rings. The predicted octanol–water partition coefficient (Wildman–Crippen LogP) is 0.296. The first-order chi connectivity index (χ1) is 9.29. The molecule has 1 fully saturated rings. The van der Waals surface area contributed by atoms with Crippen molar-refractivity contribution < 1.29 is 4.79 Å². The third-order valence-electron chi connectivity index (χ3n) is 4.21. The minimum Gasteiger partial charge on any atom is -0.334 e. The highest BCUT2D eigenvalue weighted by molar-refractivity contribution is 5.91. The van der Waals surface area contributed by atoms with Crippen molar-refractivity contribution in [2.75, 3.05) is 26.2 Å². The highest BCUT2D eigenvalue weighted by Gasteiger charge is 2.28. The van der Waals surface area contributed by atoms with Crippen LogP contribution in [-0.2, 0) is 13.0 Å². The van der Waals surface area contributed by atoms with Gasteiger partial charge in [0.05, 0.1) is 0 Å². The van der Waals surface area contributed by atoms with E-state index in [0.717, 1.165) is 45.0 Å². The summed E-state index contributed by atoms with van der Waals surface area (Å²) in [6.45, 7) is 6.54. The van der Waals surface area contributed by atoms with Crippen molar-refractivity contribution in [3.8, 4) is 0 Å². The van der Waals surface area contributed by atoms with Crippen LogP contribution in [0.2, 0.25) is 0 Å². The van der Waals surface area contributed by atoms with Gasteiger partial charge >= 0.3 is 0 Å². The zero-order valence-electron chi connectivity index (χ0n) is 11.4. The van der Waals surface area contributed by atoms with Gasteiger partial charge in [0, 0.05) is 26.1 Å². The molecular formula is C13H21N5O. The van der Waals surface area contributed by atoms with Gasteiger partial charge in [-0.05, 0) is 38.8 Å². The van der Waals surface area contributed by atoms with E-state index >= 15 is 0 Å². The van der Waals surface area contributed by atoms with Crippen molar-refractivity contribution in [1.29, 1.82) is 0 Å². The summed E-state index contributed by atoms with van der Waals surface area (Å²) in [7, 11) is 0. The van der Waals surface area contributed by atoms with Crippen molar-refractivity contribution in [1.82, 2.24) is 25.0 Å². The van der Waals surface area contributed by atoms with Gasteiger partial charge in [0.15, 0.2) is 0 Å². The van der Waals surface area contributed by atoms with E-state index in [0.29, 0.717) is 11.7 Å². The van der Waals surface area contributed by atoms with Gasteiger partial charge in [0.2, 0.25) is 5.82 Å². The fourth-order valence-electron chi connectivity index (χ4n) is 2.99. The van der Waals surface area contributed by atoms with Crippen LogP contribution in [0.1, 0.15) is 36.2 Å². The zero-order valence-corrected chi connectivity index (χ0v) is 11.4. The number of nitrogens with zero attached hydrogens (tertiary/aromatic N) is 4. The van der Waals surface area contributed by atoms with Gasteiger partial charge in [-0.25, -0.2) is 0 Å². The number of hydrogen-bond donors (Lipinski definition) is 1. The van der Waals surface area contributed by atoms with Crippen molar-refractivity contribution in [2.45, 2.75) is 32.7 Å². The van der Waals surface area contributed by atoms with Gasteiger partial charge < -0.3 is 14.8 Å². The maximum Gasteiger partial charge on any atom is 0.291 e. The first-order valence-corrected chi connectivity index (χ1v) is 7.21. The molecule has 1 saturated heterocycles. The summed E-state index contributed by atoms with van der Waals surface area (Å²) >= 11 is 0. The summed E-state index contributed by atoms with van der Waals surface area (Å²) in [6.07, 6.45) is 3.34. The Labute approximate surface area is 113 Å². The molecule has 0 atom stereocenters. The van der Waals surface area contributed by atoms with Crippen molar-refractivity contribution in [2.24, 2.45) is 5.92 Å². The van der Waals surface area contributed by atoms with E-state index in [4.69, 9.17) is 0 Å². The molecule has 2 aliphatic rings. The largest absolute Gasteiger partial charge is 0.334 e. The molecule has 0 bridgehead atoms. The molecule has 0 saturated carbocycles. The quantitative estimate of drug-likeness (QED) is 0.852. The molecular weight excluding hydrogens is 242 g/mol. The Morgan fingerprint density at radius 1 is 1.26 bits per heavy atom. The lowest BCUT2D eigenvalue weighted by Gasteiger charge is -2.27. The number of hydrogen-bond acceptors (Lipinski definition) is 4. The van der Waals surface area contributed by atoms with Gasteiger partial charge in [-0.1, -0.05) is 0 Å². The normalized spacial score (nSPS) is 20.7. The smallest absolute Gasteiger partial charge is 0.291 e. The van der Waals surface area contributed by atoms with Crippen molar-refractivity contribution in [3.63, 3.8) is 0 Å². The number of likely N-dealkylation sites (N-methyl/N-ethyl adjacent to an activating group) is 1. The Hall–Kier alpha value is -1.43. The average Bonchev–Trinajstić information content (AvgIpc) is 2.85. The van der Waals surface area contributed by atoms with Crippen LogP contribution in [-0.4, -0.2) is 51.8 Å². The number of fused-ring (bicyclic) bond motifs is 1. The molecule has 1 amide bonds. The third kappa shape index (κ3) is 2.36. The molecule has 6 heteroatoms. The van der Waals surface area contributed by atoms with Crippen LogP contribution in [0.5, 0.6) is 0 Å². The lowest BCUT2D eigenvalue weighted by atomic mass is 9.94. The zero-order chi connectivity index (χ0) is 13.2. The number of aromatic nitrogens is 3. The van der Waals surface area contributed by atoms with E-state index in [2.05, 4.69) is 15.5 Å². The minimum atomic E-state index is 0.0258. The van der Waals surface area contributed by atoms with Gasteiger partial charge in [-0.15, -0.1) is 10.2 Å². The molecule has 19 heavy (non-hydrogen) atoms. The second-order valence-electron chi connectivity index (χ2n) is 5.37. The van der Waals surface area contributed by atoms with Crippen LogP contribution < -0.4 is 5.32 Å². The van der Waals surface area contributed by atoms with Gasteiger partial charge in [0.25, 0.3) is 5.91 Å². The number of nitrogens with one attached hydrogen (secondary N) is 1. The molecule has 2 aliphatic heterocycles. The van der Waals surface area contributed by atoms with Gasteiger partial charge in [-0.3, -0.25) is 4.79 Å². The second-order valence-corrected chi connectivity index (χ2v) is 5.37. The van der Waals surface area contributed by atoms with Crippen LogP contribution in [0.15, 0.2) is 0 Å². The fraction of sp³-hybridized carbons (Fsp3) is 0.769. The van der Waals surface area contributed by atoms with Crippen LogP contribution in [0.3, 0.4) is 0 Å². The van der Waals surface area contributed by atoms with E-state index in [-0.39, 0.29) is 5.91 Å². The molecule has 104 valence electrons. The number of rotatable bonds is 3. The number of carbonyl (C=O) groups is 1. The molecule has 0 aliphatic carbocycles. The maximum absolute atomic E-state index is 12.1. The van der Waals surface area contributed by atoms with Crippen LogP contribution >= 0.6 is 0 Å². The average molecular weight is 263 g/mol. The van der Waals surface area contributed by atoms with Gasteiger partial charge in [0.1, 0.15) is 5.82 Å². The summed E-state index contributed by atoms with van der Waals surface area (Å²) in [5.74, 6) is 2.22. The van der Waals surface area contributed by atoms with Crippen LogP contribution in [0.25, 0.3) is 0 Å². The third-order valence-corrected chi connectivity index (χ3v) is 4.21. The molecule has 0 spiro atoms. The molecule has 1 N–H and O–H groups in total. The highest BCUT2D eigenvalue weighted by Crippen LogP contribution is 2.19. The molecule has 6 nitrogen and oxygen atoms in total. The van der Waals surface area contributed by atoms with Gasteiger partial charge in [-0.2, -0.15) is 0 Å². The molecule has 3 heterocycles. The minimum absolute atomic E-state index is 0.0258. The molecule has 0 unspecified atom stereocenters. The topological polar surface area (TPSA) is 63.1 Å². The van der Waals surface area contributed by atoms with E-state index < -0.39 is 0 Å². The Morgan fingerprint density at radius 3 is 2.79 bits per heavy atom. The maximum atomic E-state index is 12.1. The lowest BCUT2D eigenvalue weighted by Crippen LogP contribution is -2.40. The number of amides is 1. The highest BCUT2D eigenvalue weighted by atomic mass is 16.2. The standard InChI is InChI=1S/C13H21N5O/c1-2-17-7-8-18-11(15-16-12(18)13(17)19)9-10-3-5-14-6-4-10/h10,14H,2-9H2,1H3. The van der Waals surface area contributed by atoms with E-state index in [1.807, 2.05) is 16.4 Å². The van der Waals surface area contributed by atoms with Crippen molar-refractivity contribution >= 4 is 5.91 Å². The van der Waals surface area contributed by atoms with Crippen LogP contribution in [0, 0.1) is 5.92 Å². The molecule has 3 rings (SSSR count). The summed E-state index contributed by atoms with van der Waals surface area (Å²) in [5, 5.41) is 11.7. The van der Waals surface area contributed by atoms with Crippen molar-refractivity contribution in [3.05, 3.63) is 11.6 Å². The Bertz CT molecular complexity index is 464. The molecule has 0 aromatic carbocycles. The Morgan fingerprint density at radius 2 is 2.05 bits per heavy atom. The summed E-state index contributed by atoms with van der Waals surface area (Å²) in [4.78, 5) is 14.0. The van der Waals surface area contributed by atoms with E-state index in [1.165, 1.54) is 12.8 Å². The summed E-state index contributed by atoms with van der Waals surface area (Å²) in [5.41, 5.74) is 0. The Balaban J connectivity index is 1.76. The SMILES string of the molecule is CCN1CCn2c(CC3CCNCC3)nnc2C1=O. The first kappa shape index (κ1) is 12.6. The Kier molecular flexibility index (Phi) is 3.50. The van der Waals surface area contributed by atoms with E-state index in [1.54, 1.807) is 0 Å². The summed E-state index contributed by atoms with van der Waals surface area (Å²) < 4.78 is 2.02. The number of carbonyl (C=O) groups excluding carboxylic acids is 1. The lowest BCUT2D eigenvalue weighted by molar-refractivity contribution is 0.0705. The molecule has 0 radical (unpaired) electrons. The molecule has 1 aromatic heterocycles. The first-order valence-electron chi connectivity index (χ1n) is 7.21. The summed E-state index contributed by atoms with van der Waals surface area (Å²) in [6, 6.07) is 0. The monoisotopic (exact) mass is 263 g/mol. The number of piperidine rings is 1. The second kappa shape index (κ2) is 5.28. The predicted molar refractivity (Wildman–Crippen MR) is 70.9 cm³/mol.